The Balaban J connectivity index is 3.82. The summed E-state index contributed by atoms with van der Waals surface area (Å²) < 4.78 is 5.10. The highest BCUT2D eigenvalue weighted by atomic mass is 16.5. The summed E-state index contributed by atoms with van der Waals surface area (Å²) in [5.41, 5.74) is 0. The molecule has 3 heteroatoms. The third-order valence-electron chi connectivity index (χ3n) is 2.37. The molecule has 0 bridgehead atoms. The molecule has 1 N–H and O–H groups in total. The number of nitrogens with zero attached hydrogens (tertiary/aromatic N) is 1. The molecule has 0 aliphatic heterocycles. The molecular weight excluding hydrogens is 176 g/mol. The Bertz CT molecular complexity index is 128. The summed E-state index contributed by atoms with van der Waals surface area (Å²) in [6.07, 6.45) is 0. The van der Waals surface area contributed by atoms with Gasteiger partial charge in [-0.15, -0.1) is 0 Å². The standard InChI is InChI=1S/C11H26N2O/c1-6-12-11(4)9-13(10(2)3)7-8-14-5/h10-12H,6-9H2,1-5H3. The molecule has 1 unspecified atom stereocenters. The summed E-state index contributed by atoms with van der Waals surface area (Å²) in [7, 11) is 1.76. The molecule has 0 aliphatic rings. The molecule has 0 aromatic rings. The van der Waals surface area contributed by atoms with Gasteiger partial charge in [0.15, 0.2) is 0 Å². The van der Waals surface area contributed by atoms with Crippen molar-refractivity contribution in [1.82, 2.24) is 10.2 Å². The Labute approximate surface area is 88.8 Å². The van der Waals surface area contributed by atoms with Crippen LogP contribution in [0.15, 0.2) is 0 Å². The van der Waals surface area contributed by atoms with Crippen molar-refractivity contribution in [3.8, 4) is 0 Å². The first kappa shape index (κ1) is 13.9. The number of methoxy groups -OCH3 is 1. The Hall–Kier alpha value is -0.120. The first-order chi connectivity index (χ1) is 6.61. The lowest BCUT2D eigenvalue weighted by molar-refractivity contribution is 0.123. The minimum Gasteiger partial charge on any atom is -0.383 e. The fourth-order valence-corrected chi connectivity index (χ4v) is 1.53. The van der Waals surface area contributed by atoms with E-state index >= 15 is 0 Å². The van der Waals surface area contributed by atoms with Crippen molar-refractivity contribution in [3.05, 3.63) is 0 Å². The third kappa shape index (κ3) is 6.35. The summed E-state index contributed by atoms with van der Waals surface area (Å²) in [5.74, 6) is 0. The van der Waals surface area contributed by atoms with E-state index in [-0.39, 0.29) is 0 Å². The van der Waals surface area contributed by atoms with Crippen LogP contribution in [0.25, 0.3) is 0 Å². The molecule has 1 atom stereocenters. The van der Waals surface area contributed by atoms with Gasteiger partial charge in [0.1, 0.15) is 0 Å². The van der Waals surface area contributed by atoms with Crippen molar-refractivity contribution in [2.75, 3.05) is 33.4 Å². The van der Waals surface area contributed by atoms with Crippen molar-refractivity contribution in [3.63, 3.8) is 0 Å². The van der Waals surface area contributed by atoms with Crippen molar-refractivity contribution in [1.29, 1.82) is 0 Å². The van der Waals surface area contributed by atoms with Gasteiger partial charge >= 0.3 is 0 Å². The van der Waals surface area contributed by atoms with E-state index in [4.69, 9.17) is 4.74 Å². The van der Waals surface area contributed by atoms with Crippen molar-refractivity contribution >= 4 is 0 Å². The number of hydrogen-bond acceptors (Lipinski definition) is 3. The summed E-state index contributed by atoms with van der Waals surface area (Å²) in [4.78, 5) is 2.44. The van der Waals surface area contributed by atoms with Crippen LogP contribution in [0.1, 0.15) is 27.7 Å². The number of rotatable bonds is 8. The molecule has 0 aliphatic carbocycles. The molecular formula is C11H26N2O. The zero-order chi connectivity index (χ0) is 11.0. The van der Waals surface area contributed by atoms with E-state index in [1.165, 1.54) is 0 Å². The molecule has 0 heterocycles. The van der Waals surface area contributed by atoms with Crippen molar-refractivity contribution in [2.24, 2.45) is 0 Å². The van der Waals surface area contributed by atoms with Crippen LogP contribution in [0.2, 0.25) is 0 Å². The van der Waals surface area contributed by atoms with Crippen LogP contribution in [-0.2, 0) is 4.74 Å². The van der Waals surface area contributed by atoms with Gasteiger partial charge in [-0.3, -0.25) is 4.90 Å². The highest BCUT2D eigenvalue weighted by Crippen LogP contribution is 1.99. The zero-order valence-electron chi connectivity index (χ0n) is 10.3. The maximum absolute atomic E-state index is 5.10. The summed E-state index contributed by atoms with van der Waals surface area (Å²) in [6, 6.07) is 1.14. The average molecular weight is 202 g/mol. The Morgan fingerprint density at radius 1 is 1.29 bits per heavy atom. The van der Waals surface area contributed by atoms with Crippen LogP contribution in [-0.4, -0.2) is 50.3 Å². The largest absolute Gasteiger partial charge is 0.383 e. The van der Waals surface area contributed by atoms with Gasteiger partial charge in [-0.2, -0.15) is 0 Å². The smallest absolute Gasteiger partial charge is 0.0589 e. The molecule has 0 fully saturated rings. The average Bonchev–Trinajstić information content (AvgIpc) is 2.12. The fraction of sp³-hybridized carbons (Fsp3) is 1.00. The SMILES string of the molecule is CCNC(C)CN(CCOC)C(C)C. The molecule has 14 heavy (non-hydrogen) atoms. The van der Waals surface area contributed by atoms with Gasteiger partial charge in [0.2, 0.25) is 0 Å². The number of ether oxygens (including phenoxy) is 1. The lowest BCUT2D eigenvalue weighted by Crippen LogP contribution is -2.43. The van der Waals surface area contributed by atoms with Gasteiger partial charge in [-0.05, 0) is 27.3 Å². The van der Waals surface area contributed by atoms with Gasteiger partial charge in [-0.25, -0.2) is 0 Å². The van der Waals surface area contributed by atoms with E-state index in [1.54, 1.807) is 7.11 Å². The van der Waals surface area contributed by atoms with Gasteiger partial charge < -0.3 is 10.1 Å². The molecule has 0 amide bonds. The number of nitrogens with one attached hydrogen (secondary N) is 1. The minimum absolute atomic E-state index is 0.555. The van der Waals surface area contributed by atoms with Gasteiger partial charge in [0.05, 0.1) is 6.61 Å². The molecule has 0 saturated carbocycles. The topological polar surface area (TPSA) is 24.5 Å². The Kier molecular flexibility index (Phi) is 8.14. The monoisotopic (exact) mass is 202 g/mol. The van der Waals surface area contributed by atoms with Crippen LogP contribution in [0.3, 0.4) is 0 Å². The normalized spacial score (nSPS) is 13.9. The zero-order valence-corrected chi connectivity index (χ0v) is 10.3. The summed E-state index contributed by atoms with van der Waals surface area (Å²) in [5, 5.41) is 3.42. The van der Waals surface area contributed by atoms with E-state index in [2.05, 4.69) is 37.9 Å². The van der Waals surface area contributed by atoms with E-state index in [1.807, 2.05) is 0 Å². The minimum atomic E-state index is 0.555. The molecule has 0 saturated heterocycles. The molecule has 86 valence electrons. The fourth-order valence-electron chi connectivity index (χ4n) is 1.53. The second kappa shape index (κ2) is 8.21. The molecule has 3 nitrogen and oxygen atoms in total. The highest BCUT2D eigenvalue weighted by Gasteiger charge is 2.11. The Morgan fingerprint density at radius 3 is 2.36 bits per heavy atom. The molecule has 0 spiro atoms. The molecule has 0 radical (unpaired) electrons. The van der Waals surface area contributed by atoms with E-state index in [0.717, 1.165) is 26.2 Å². The predicted molar refractivity (Wildman–Crippen MR) is 61.7 cm³/mol. The number of likely N-dealkylation sites (N-methyl/N-ethyl adjacent to an activating group) is 1. The first-order valence-electron chi connectivity index (χ1n) is 5.58. The van der Waals surface area contributed by atoms with Gasteiger partial charge in [0.25, 0.3) is 0 Å². The van der Waals surface area contributed by atoms with Gasteiger partial charge in [-0.1, -0.05) is 6.92 Å². The van der Waals surface area contributed by atoms with E-state index < -0.39 is 0 Å². The third-order valence-corrected chi connectivity index (χ3v) is 2.37. The first-order valence-corrected chi connectivity index (χ1v) is 5.58. The number of hydrogen-bond donors (Lipinski definition) is 1. The van der Waals surface area contributed by atoms with Crippen LogP contribution >= 0.6 is 0 Å². The second-order valence-corrected chi connectivity index (χ2v) is 4.04. The van der Waals surface area contributed by atoms with Crippen LogP contribution < -0.4 is 5.32 Å². The summed E-state index contributed by atoms with van der Waals surface area (Å²) >= 11 is 0. The van der Waals surface area contributed by atoms with Crippen LogP contribution in [0, 0.1) is 0 Å². The maximum atomic E-state index is 5.10. The van der Waals surface area contributed by atoms with Crippen LogP contribution in [0.4, 0.5) is 0 Å². The van der Waals surface area contributed by atoms with E-state index in [0.29, 0.717) is 12.1 Å². The molecule has 0 aromatic carbocycles. The lowest BCUT2D eigenvalue weighted by atomic mass is 10.2. The quantitative estimate of drug-likeness (QED) is 0.643. The summed E-state index contributed by atoms with van der Waals surface area (Å²) in [6.45, 7) is 12.8. The van der Waals surface area contributed by atoms with Crippen molar-refractivity contribution in [2.45, 2.75) is 39.8 Å². The lowest BCUT2D eigenvalue weighted by Gasteiger charge is -2.29. The van der Waals surface area contributed by atoms with Crippen LogP contribution in [0.5, 0.6) is 0 Å². The van der Waals surface area contributed by atoms with E-state index in [9.17, 15) is 0 Å². The maximum Gasteiger partial charge on any atom is 0.0589 e. The Morgan fingerprint density at radius 2 is 1.93 bits per heavy atom. The molecule has 0 rings (SSSR count). The predicted octanol–water partition coefficient (Wildman–Crippen LogP) is 1.34. The molecule has 0 aromatic heterocycles. The second-order valence-electron chi connectivity index (χ2n) is 4.04. The van der Waals surface area contributed by atoms with Crippen molar-refractivity contribution < 1.29 is 4.74 Å². The van der Waals surface area contributed by atoms with Gasteiger partial charge in [0, 0.05) is 32.3 Å². The highest BCUT2D eigenvalue weighted by molar-refractivity contribution is 4.70.